The lowest BCUT2D eigenvalue weighted by Crippen LogP contribution is -2.28. The first-order valence-corrected chi connectivity index (χ1v) is 6.76. The lowest BCUT2D eigenvalue weighted by molar-refractivity contribution is 0.263. The molecule has 0 aliphatic carbocycles. The van der Waals surface area contributed by atoms with Crippen molar-refractivity contribution in [3.05, 3.63) is 18.3 Å². The molecule has 0 saturated heterocycles. The van der Waals surface area contributed by atoms with E-state index in [4.69, 9.17) is 10.8 Å². The molecule has 0 spiro atoms. The van der Waals surface area contributed by atoms with Crippen molar-refractivity contribution in [1.82, 2.24) is 9.71 Å². The summed E-state index contributed by atoms with van der Waals surface area (Å²) < 4.78 is 26.1. The third-order valence-corrected chi connectivity index (χ3v) is 3.72. The molecule has 0 aromatic carbocycles. The quantitative estimate of drug-likeness (QED) is 0.665. The maximum atomic E-state index is 11.8. The van der Waals surface area contributed by atoms with Gasteiger partial charge in [-0.05, 0) is 24.5 Å². The lowest BCUT2D eigenvalue weighted by atomic mass is 10.1. The van der Waals surface area contributed by atoms with Crippen LogP contribution in [0.25, 0.3) is 0 Å². The Morgan fingerprint density at radius 2 is 2.24 bits per heavy atom. The number of aliphatic hydroxyl groups is 1. The van der Waals surface area contributed by atoms with Gasteiger partial charge >= 0.3 is 0 Å². The summed E-state index contributed by atoms with van der Waals surface area (Å²) in [6, 6.07) is 2.84. The smallest absolute Gasteiger partial charge is 0.242 e. The minimum atomic E-state index is -3.54. The van der Waals surface area contributed by atoms with Crippen LogP contribution in [0.4, 0.5) is 5.82 Å². The second kappa shape index (κ2) is 5.95. The van der Waals surface area contributed by atoms with E-state index in [0.29, 0.717) is 6.42 Å². The second-order valence-electron chi connectivity index (χ2n) is 3.89. The number of hydrogen-bond donors (Lipinski definition) is 3. The number of sulfonamides is 1. The Labute approximate surface area is 101 Å². The molecular formula is C10H17N3O3S. The van der Waals surface area contributed by atoms with Gasteiger partial charge in [-0.25, -0.2) is 18.1 Å². The molecule has 1 atom stereocenters. The van der Waals surface area contributed by atoms with Gasteiger partial charge in [0.25, 0.3) is 0 Å². The summed E-state index contributed by atoms with van der Waals surface area (Å²) in [6.07, 6.45) is 1.77. The summed E-state index contributed by atoms with van der Waals surface area (Å²) in [5, 5.41) is 8.71. The maximum Gasteiger partial charge on any atom is 0.242 e. The zero-order chi connectivity index (χ0) is 12.9. The summed E-state index contributed by atoms with van der Waals surface area (Å²) in [6.45, 7) is 2.19. The molecular weight excluding hydrogens is 242 g/mol. The zero-order valence-corrected chi connectivity index (χ0v) is 10.4. The number of nitrogens with two attached hydrogens (primary N) is 1. The normalized spacial score (nSPS) is 13.5. The van der Waals surface area contributed by atoms with Crippen LogP contribution in [0.3, 0.4) is 0 Å². The zero-order valence-electron chi connectivity index (χ0n) is 9.63. The van der Waals surface area contributed by atoms with Crippen molar-refractivity contribution < 1.29 is 13.5 Å². The van der Waals surface area contributed by atoms with Crippen LogP contribution in [-0.2, 0) is 10.0 Å². The highest BCUT2D eigenvalue weighted by molar-refractivity contribution is 7.89. The standard InChI is InChI=1S/C10H17N3O3S/c1-8(4-5-14)6-13-17(15,16)9-2-3-10(11)12-7-9/h2-3,7-8,13-14H,4-6H2,1H3,(H2,11,12). The molecule has 0 fully saturated rings. The Hall–Kier alpha value is -1.18. The predicted molar refractivity (Wildman–Crippen MR) is 64.7 cm³/mol. The first-order valence-electron chi connectivity index (χ1n) is 5.28. The van der Waals surface area contributed by atoms with Crippen molar-refractivity contribution in [3.63, 3.8) is 0 Å². The number of nitrogens with one attached hydrogen (secondary N) is 1. The number of aromatic nitrogens is 1. The number of pyridine rings is 1. The summed E-state index contributed by atoms with van der Waals surface area (Å²) in [5.74, 6) is 0.356. The minimum absolute atomic E-state index is 0.0479. The first kappa shape index (κ1) is 13.9. The van der Waals surface area contributed by atoms with Crippen LogP contribution in [0.15, 0.2) is 23.2 Å². The van der Waals surface area contributed by atoms with E-state index >= 15 is 0 Å². The van der Waals surface area contributed by atoms with Crippen LogP contribution in [0.5, 0.6) is 0 Å². The van der Waals surface area contributed by atoms with E-state index in [1.807, 2.05) is 6.92 Å². The van der Waals surface area contributed by atoms with Gasteiger partial charge in [-0.3, -0.25) is 0 Å². The van der Waals surface area contributed by atoms with Gasteiger partial charge < -0.3 is 10.8 Å². The number of nitrogen functional groups attached to an aromatic ring is 1. The molecule has 0 bridgehead atoms. The molecule has 0 amide bonds. The fraction of sp³-hybridized carbons (Fsp3) is 0.500. The van der Waals surface area contributed by atoms with E-state index in [-0.39, 0.29) is 29.8 Å². The van der Waals surface area contributed by atoms with Crippen LogP contribution in [0.1, 0.15) is 13.3 Å². The highest BCUT2D eigenvalue weighted by Crippen LogP contribution is 2.09. The van der Waals surface area contributed by atoms with Crippen LogP contribution in [0, 0.1) is 5.92 Å². The monoisotopic (exact) mass is 259 g/mol. The highest BCUT2D eigenvalue weighted by atomic mass is 32.2. The van der Waals surface area contributed by atoms with Crippen molar-refractivity contribution in [2.75, 3.05) is 18.9 Å². The van der Waals surface area contributed by atoms with Crippen LogP contribution in [0.2, 0.25) is 0 Å². The van der Waals surface area contributed by atoms with Crippen molar-refractivity contribution in [2.24, 2.45) is 5.92 Å². The largest absolute Gasteiger partial charge is 0.396 e. The number of aliphatic hydroxyl groups excluding tert-OH is 1. The molecule has 1 rings (SSSR count). The molecule has 0 saturated carbocycles. The van der Waals surface area contributed by atoms with Crippen LogP contribution < -0.4 is 10.5 Å². The number of hydrogen-bond acceptors (Lipinski definition) is 5. The van der Waals surface area contributed by atoms with Crippen molar-refractivity contribution in [3.8, 4) is 0 Å². The Bertz CT molecular complexity index is 444. The minimum Gasteiger partial charge on any atom is -0.396 e. The molecule has 0 radical (unpaired) electrons. The fourth-order valence-corrected chi connectivity index (χ4v) is 2.32. The Balaban J connectivity index is 2.66. The van der Waals surface area contributed by atoms with Gasteiger partial charge in [0.05, 0.1) is 0 Å². The third kappa shape index (κ3) is 4.29. The van der Waals surface area contributed by atoms with Crippen molar-refractivity contribution >= 4 is 15.8 Å². The number of anilines is 1. The van der Waals surface area contributed by atoms with Gasteiger partial charge in [0, 0.05) is 19.3 Å². The predicted octanol–water partition coefficient (Wildman–Crippen LogP) is -0.0394. The van der Waals surface area contributed by atoms with E-state index in [1.54, 1.807) is 0 Å². The molecule has 1 heterocycles. The first-order chi connectivity index (χ1) is 7.95. The third-order valence-electron chi connectivity index (χ3n) is 2.31. The molecule has 96 valence electrons. The van der Waals surface area contributed by atoms with Crippen LogP contribution >= 0.6 is 0 Å². The molecule has 0 aliphatic rings. The van der Waals surface area contributed by atoms with E-state index in [2.05, 4.69) is 9.71 Å². The Morgan fingerprint density at radius 3 is 2.76 bits per heavy atom. The van der Waals surface area contributed by atoms with Gasteiger partial charge in [0.15, 0.2) is 0 Å². The van der Waals surface area contributed by atoms with Gasteiger partial charge in [0.1, 0.15) is 10.7 Å². The van der Waals surface area contributed by atoms with Crippen molar-refractivity contribution in [1.29, 1.82) is 0 Å². The van der Waals surface area contributed by atoms with E-state index in [1.165, 1.54) is 18.3 Å². The molecule has 4 N–H and O–H groups in total. The summed E-state index contributed by atoms with van der Waals surface area (Å²) in [5.41, 5.74) is 5.38. The number of rotatable bonds is 6. The Morgan fingerprint density at radius 1 is 1.53 bits per heavy atom. The molecule has 1 aromatic rings. The van der Waals surface area contributed by atoms with Gasteiger partial charge in [-0.2, -0.15) is 0 Å². The molecule has 6 nitrogen and oxygen atoms in total. The summed E-state index contributed by atoms with van der Waals surface area (Å²) in [7, 11) is -3.54. The average Bonchev–Trinajstić information content (AvgIpc) is 2.28. The van der Waals surface area contributed by atoms with E-state index in [0.717, 1.165) is 0 Å². The van der Waals surface area contributed by atoms with Crippen LogP contribution in [-0.4, -0.2) is 31.7 Å². The topological polar surface area (TPSA) is 105 Å². The molecule has 7 heteroatoms. The molecule has 1 aromatic heterocycles. The average molecular weight is 259 g/mol. The summed E-state index contributed by atoms with van der Waals surface area (Å²) in [4.78, 5) is 3.81. The van der Waals surface area contributed by atoms with Gasteiger partial charge in [0.2, 0.25) is 10.0 Å². The lowest BCUT2D eigenvalue weighted by Gasteiger charge is -2.11. The van der Waals surface area contributed by atoms with E-state index in [9.17, 15) is 8.42 Å². The fourth-order valence-electron chi connectivity index (χ4n) is 1.21. The van der Waals surface area contributed by atoms with Crippen molar-refractivity contribution in [2.45, 2.75) is 18.2 Å². The Kier molecular flexibility index (Phi) is 4.86. The summed E-state index contributed by atoms with van der Waals surface area (Å²) >= 11 is 0. The molecule has 0 aliphatic heterocycles. The maximum absolute atomic E-state index is 11.8. The SMILES string of the molecule is CC(CCO)CNS(=O)(=O)c1ccc(N)nc1. The molecule has 1 unspecified atom stereocenters. The second-order valence-corrected chi connectivity index (χ2v) is 5.66. The van der Waals surface area contributed by atoms with Gasteiger partial charge in [-0.1, -0.05) is 6.92 Å². The van der Waals surface area contributed by atoms with Gasteiger partial charge in [-0.15, -0.1) is 0 Å². The highest BCUT2D eigenvalue weighted by Gasteiger charge is 2.15. The number of nitrogens with zero attached hydrogens (tertiary/aromatic N) is 1. The molecule has 17 heavy (non-hydrogen) atoms. The van der Waals surface area contributed by atoms with E-state index < -0.39 is 10.0 Å².